The molecule has 0 radical (unpaired) electrons. The van der Waals surface area contributed by atoms with E-state index in [0.29, 0.717) is 56.2 Å². The molecular formula is C30H39N3O3. The quantitative estimate of drug-likeness (QED) is 0.283. The number of hydrogen-bond donors (Lipinski definition) is 0. The Kier molecular flexibility index (Phi) is 9.97. The molecule has 0 saturated heterocycles. The summed E-state index contributed by atoms with van der Waals surface area (Å²) in [5.41, 5.74) is 3.57. The van der Waals surface area contributed by atoms with Gasteiger partial charge in [-0.15, -0.1) is 10.2 Å². The zero-order valence-corrected chi connectivity index (χ0v) is 22.3. The van der Waals surface area contributed by atoms with Crippen LogP contribution in [0.1, 0.15) is 87.6 Å². The second kappa shape index (κ2) is 13.1. The first-order chi connectivity index (χ1) is 17.3. The molecule has 2 aromatic carbocycles. The molecule has 3 aromatic rings. The summed E-state index contributed by atoms with van der Waals surface area (Å²) < 4.78 is 7.68. The molecule has 36 heavy (non-hydrogen) atoms. The van der Waals surface area contributed by atoms with E-state index in [1.807, 2.05) is 54.0 Å². The van der Waals surface area contributed by atoms with E-state index < -0.39 is 0 Å². The Morgan fingerprint density at radius 2 is 1.44 bits per heavy atom. The number of ether oxygens (including phenoxy) is 1. The van der Waals surface area contributed by atoms with Crippen LogP contribution in [0.25, 0.3) is 0 Å². The smallest absolute Gasteiger partial charge is 0.170 e. The number of aromatic nitrogens is 3. The number of Topliss-reactive ketones (excluding diaryl/α,β-unsaturated/α-hetero) is 2. The van der Waals surface area contributed by atoms with Crippen LogP contribution in [-0.2, 0) is 35.4 Å². The van der Waals surface area contributed by atoms with E-state index in [1.54, 1.807) is 0 Å². The van der Waals surface area contributed by atoms with E-state index in [2.05, 4.69) is 44.0 Å². The minimum Gasteiger partial charge on any atom is -0.486 e. The maximum atomic E-state index is 12.7. The van der Waals surface area contributed by atoms with Gasteiger partial charge in [0, 0.05) is 38.6 Å². The van der Waals surface area contributed by atoms with Gasteiger partial charge >= 0.3 is 0 Å². The van der Waals surface area contributed by atoms with Crippen molar-refractivity contribution in [1.29, 1.82) is 0 Å². The monoisotopic (exact) mass is 489 g/mol. The van der Waals surface area contributed by atoms with Crippen molar-refractivity contribution in [2.24, 2.45) is 0 Å². The van der Waals surface area contributed by atoms with Crippen molar-refractivity contribution in [1.82, 2.24) is 14.8 Å². The summed E-state index contributed by atoms with van der Waals surface area (Å²) in [5, 5.41) is 8.64. The van der Waals surface area contributed by atoms with Crippen molar-refractivity contribution in [3.63, 3.8) is 0 Å². The first-order valence-electron chi connectivity index (χ1n) is 13.0. The molecule has 0 atom stereocenters. The minimum absolute atomic E-state index is 0.0223. The average Bonchev–Trinajstić information content (AvgIpc) is 3.27. The normalized spacial score (nSPS) is 11.3. The second-order valence-electron chi connectivity index (χ2n) is 9.90. The van der Waals surface area contributed by atoms with E-state index in [0.717, 1.165) is 17.2 Å². The number of carbonyl (C=O) groups excluding carboxylic acids is 2. The number of hydrogen-bond acceptors (Lipinski definition) is 5. The molecule has 0 bridgehead atoms. The van der Waals surface area contributed by atoms with Crippen LogP contribution in [-0.4, -0.2) is 32.9 Å². The summed E-state index contributed by atoms with van der Waals surface area (Å²) in [6.45, 7) is 11.4. The highest BCUT2D eigenvalue weighted by Gasteiger charge is 2.15. The SMILES string of the molecule is CCn1c(CCC(=O)COc2ccc(C(C)C)cc2)nnc1CCC(=O)Cc1ccccc1C(C)C. The molecule has 0 amide bonds. The summed E-state index contributed by atoms with van der Waals surface area (Å²) in [6.07, 6.45) is 2.26. The van der Waals surface area contributed by atoms with Gasteiger partial charge in [-0.3, -0.25) is 9.59 Å². The number of rotatable bonds is 14. The van der Waals surface area contributed by atoms with E-state index in [4.69, 9.17) is 4.74 Å². The zero-order chi connectivity index (χ0) is 26.1. The van der Waals surface area contributed by atoms with Crippen LogP contribution in [0.4, 0.5) is 0 Å². The van der Waals surface area contributed by atoms with Crippen molar-refractivity contribution in [2.75, 3.05) is 6.61 Å². The molecule has 0 unspecified atom stereocenters. The number of aryl methyl sites for hydroxylation is 2. The van der Waals surface area contributed by atoms with Crippen LogP contribution >= 0.6 is 0 Å². The molecule has 0 N–H and O–H groups in total. The standard InChI is InChI=1S/C30H39N3O3/c1-6-33-29(17-13-25(34)19-24-9-7-8-10-28(24)22(4)5)31-32-30(33)18-14-26(35)20-36-27-15-11-23(12-16-27)21(2)3/h7-12,15-16,21-22H,6,13-14,17-20H2,1-5H3. The Balaban J connectivity index is 1.49. The van der Waals surface area contributed by atoms with Crippen LogP contribution in [0, 0.1) is 0 Å². The molecule has 6 nitrogen and oxygen atoms in total. The van der Waals surface area contributed by atoms with Crippen molar-refractivity contribution in [3.8, 4) is 5.75 Å². The molecule has 1 aromatic heterocycles. The molecule has 1 heterocycles. The number of ketones is 2. The first-order valence-corrected chi connectivity index (χ1v) is 13.0. The van der Waals surface area contributed by atoms with Gasteiger partial charge in [0.1, 0.15) is 29.8 Å². The maximum absolute atomic E-state index is 12.7. The van der Waals surface area contributed by atoms with Gasteiger partial charge in [0.2, 0.25) is 0 Å². The molecule has 6 heteroatoms. The van der Waals surface area contributed by atoms with E-state index in [1.165, 1.54) is 11.1 Å². The molecule has 0 aliphatic carbocycles. The number of nitrogens with zero attached hydrogens (tertiary/aromatic N) is 3. The molecule has 0 spiro atoms. The molecule has 0 aliphatic rings. The number of benzene rings is 2. The molecule has 0 aliphatic heterocycles. The van der Waals surface area contributed by atoms with Gasteiger partial charge in [-0.25, -0.2) is 0 Å². The Hall–Kier alpha value is -3.28. The van der Waals surface area contributed by atoms with Crippen LogP contribution in [0.15, 0.2) is 48.5 Å². The molecule has 192 valence electrons. The highest BCUT2D eigenvalue weighted by molar-refractivity contribution is 5.81. The van der Waals surface area contributed by atoms with Crippen molar-refractivity contribution in [3.05, 3.63) is 76.9 Å². The Morgan fingerprint density at radius 3 is 2.03 bits per heavy atom. The van der Waals surface area contributed by atoms with Crippen LogP contribution < -0.4 is 4.74 Å². The third-order valence-corrected chi connectivity index (χ3v) is 6.49. The van der Waals surface area contributed by atoms with E-state index in [-0.39, 0.29) is 18.2 Å². The fraction of sp³-hybridized carbons (Fsp3) is 0.467. The predicted octanol–water partition coefficient (Wildman–Crippen LogP) is 5.87. The highest BCUT2D eigenvalue weighted by Crippen LogP contribution is 2.21. The first kappa shape index (κ1) is 27.3. The lowest BCUT2D eigenvalue weighted by Crippen LogP contribution is -2.14. The summed E-state index contributed by atoms with van der Waals surface area (Å²) in [7, 11) is 0. The summed E-state index contributed by atoms with van der Waals surface area (Å²) in [4.78, 5) is 25.1. The summed E-state index contributed by atoms with van der Waals surface area (Å²) in [6, 6.07) is 16.0. The van der Waals surface area contributed by atoms with E-state index >= 15 is 0 Å². The third-order valence-electron chi connectivity index (χ3n) is 6.49. The highest BCUT2D eigenvalue weighted by atomic mass is 16.5. The van der Waals surface area contributed by atoms with Crippen molar-refractivity contribution < 1.29 is 14.3 Å². The third kappa shape index (κ3) is 7.61. The Bertz CT molecular complexity index is 1150. The van der Waals surface area contributed by atoms with Crippen LogP contribution in [0.2, 0.25) is 0 Å². The largest absolute Gasteiger partial charge is 0.486 e. The van der Waals surface area contributed by atoms with Crippen LogP contribution in [0.5, 0.6) is 5.75 Å². The second-order valence-corrected chi connectivity index (χ2v) is 9.90. The fourth-order valence-corrected chi connectivity index (χ4v) is 4.35. The molecule has 0 fully saturated rings. The van der Waals surface area contributed by atoms with Crippen LogP contribution in [0.3, 0.4) is 0 Å². The van der Waals surface area contributed by atoms with Gasteiger partial charge in [-0.1, -0.05) is 64.1 Å². The lowest BCUT2D eigenvalue weighted by atomic mass is 9.93. The van der Waals surface area contributed by atoms with Gasteiger partial charge in [-0.2, -0.15) is 0 Å². The topological polar surface area (TPSA) is 74.1 Å². The fourth-order valence-electron chi connectivity index (χ4n) is 4.35. The van der Waals surface area contributed by atoms with Gasteiger partial charge in [0.05, 0.1) is 0 Å². The molecule has 0 saturated carbocycles. The van der Waals surface area contributed by atoms with Gasteiger partial charge in [-0.05, 0) is 47.6 Å². The van der Waals surface area contributed by atoms with Gasteiger partial charge in [0.25, 0.3) is 0 Å². The van der Waals surface area contributed by atoms with Crippen molar-refractivity contribution >= 4 is 11.6 Å². The van der Waals surface area contributed by atoms with E-state index in [9.17, 15) is 9.59 Å². The molecular weight excluding hydrogens is 450 g/mol. The summed E-state index contributed by atoms with van der Waals surface area (Å²) in [5.74, 6) is 3.34. The maximum Gasteiger partial charge on any atom is 0.170 e. The average molecular weight is 490 g/mol. The van der Waals surface area contributed by atoms with Gasteiger partial charge in [0.15, 0.2) is 5.78 Å². The molecule has 3 rings (SSSR count). The zero-order valence-electron chi connectivity index (χ0n) is 22.3. The Labute approximate surface area is 215 Å². The van der Waals surface area contributed by atoms with Crippen molar-refractivity contribution in [2.45, 2.75) is 85.1 Å². The lowest BCUT2D eigenvalue weighted by Gasteiger charge is -2.12. The minimum atomic E-state index is 0.0223. The number of carbonyl (C=O) groups is 2. The lowest BCUT2D eigenvalue weighted by molar-refractivity contribution is -0.121. The van der Waals surface area contributed by atoms with Gasteiger partial charge < -0.3 is 9.30 Å². The Morgan fingerprint density at radius 1 is 0.833 bits per heavy atom. The predicted molar refractivity (Wildman–Crippen MR) is 143 cm³/mol. The summed E-state index contributed by atoms with van der Waals surface area (Å²) >= 11 is 0.